The number of hydrogen-bond donors (Lipinski definition) is 1. The molecular weight excluding hydrogens is 148 g/mol. The molecule has 0 unspecified atom stereocenters. The topological polar surface area (TPSA) is 46.5 Å². The molecule has 0 spiro atoms. The van der Waals surface area contributed by atoms with Gasteiger partial charge < -0.3 is 9.29 Å². The van der Waals surface area contributed by atoms with Gasteiger partial charge in [0, 0.05) is 5.75 Å². The SMILES string of the molecule is CCSSOC(=O)O. The minimum atomic E-state index is -1.24. The molecule has 0 aromatic heterocycles. The van der Waals surface area contributed by atoms with Crippen LogP contribution < -0.4 is 0 Å². The van der Waals surface area contributed by atoms with E-state index in [2.05, 4.69) is 4.18 Å². The molecule has 0 aliphatic carbocycles. The maximum atomic E-state index is 9.62. The van der Waals surface area contributed by atoms with Crippen molar-refractivity contribution in [1.82, 2.24) is 0 Å². The van der Waals surface area contributed by atoms with Crippen LogP contribution in [0.2, 0.25) is 0 Å². The Kier molecular flexibility index (Phi) is 5.09. The van der Waals surface area contributed by atoms with E-state index in [0.29, 0.717) is 0 Å². The van der Waals surface area contributed by atoms with E-state index in [4.69, 9.17) is 5.11 Å². The molecule has 0 amide bonds. The van der Waals surface area contributed by atoms with Crippen molar-refractivity contribution in [3.05, 3.63) is 0 Å². The van der Waals surface area contributed by atoms with E-state index in [-0.39, 0.29) is 0 Å². The van der Waals surface area contributed by atoms with Gasteiger partial charge in [-0.15, -0.1) is 0 Å². The Morgan fingerprint density at radius 1 is 1.88 bits per heavy atom. The molecule has 1 N–H and O–H groups in total. The lowest BCUT2D eigenvalue weighted by Crippen LogP contribution is -1.88. The lowest BCUT2D eigenvalue weighted by molar-refractivity contribution is 0.153. The summed E-state index contributed by atoms with van der Waals surface area (Å²) in [5.74, 6) is 0.845. The molecule has 0 aromatic carbocycles. The zero-order chi connectivity index (χ0) is 6.41. The summed E-state index contributed by atoms with van der Waals surface area (Å²) in [4.78, 5) is 9.62. The second-order valence-corrected chi connectivity index (χ2v) is 3.05. The Labute approximate surface area is 55.4 Å². The number of carbonyl (C=O) groups is 1. The molecule has 0 rings (SSSR count). The Bertz CT molecular complexity index is 74.9. The van der Waals surface area contributed by atoms with E-state index in [1.165, 1.54) is 10.8 Å². The maximum Gasteiger partial charge on any atom is 0.519 e. The quantitative estimate of drug-likeness (QED) is 0.382. The second kappa shape index (κ2) is 5.11. The van der Waals surface area contributed by atoms with Crippen molar-refractivity contribution >= 4 is 28.0 Å². The van der Waals surface area contributed by atoms with Crippen LogP contribution in [0.3, 0.4) is 0 Å². The first-order chi connectivity index (χ1) is 3.77. The fourth-order valence-corrected chi connectivity index (χ4v) is 0.911. The van der Waals surface area contributed by atoms with Gasteiger partial charge in [-0.3, -0.25) is 0 Å². The molecule has 0 saturated carbocycles. The van der Waals surface area contributed by atoms with Crippen molar-refractivity contribution in [3.63, 3.8) is 0 Å². The summed E-state index contributed by atoms with van der Waals surface area (Å²) >= 11 is 0.878. The van der Waals surface area contributed by atoms with Gasteiger partial charge in [-0.1, -0.05) is 17.7 Å². The highest BCUT2D eigenvalue weighted by atomic mass is 33.1. The molecule has 0 atom stereocenters. The molecule has 8 heavy (non-hydrogen) atoms. The van der Waals surface area contributed by atoms with Gasteiger partial charge in [0.2, 0.25) is 0 Å². The largest absolute Gasteiger partial charge is 0.519 e. The van der Waals surface area contributed by atoms with Crippen molar-refractivity contribution in [1.29, 1.82) is 0 Å². The Balaban J connectivity index is 2.82. The van der Waals surface area contributed by atoms with Crippen LogP contribution in [0.15, 0.2) is 0 Å². The van der Waals surface area contributed by atoms with Gasteiger partial charge in [0.25, 0.3) is 0 Å². The van der Waals surface area contributed by atoms with Crippen LogP contribution in [-0.2, 0) is 4.18 Å². The van der Waals surface area contributed by atoms with Gasteiger partial charge in [0.05, 0.1) is 0 Å². The third kappa shape index (κ3) is 5.97. The summed E-state index contributed by atoms with van der Waals surface area (Å²) in [6, 6.07) is 0. The van der Waals surface area contributed by atoms with Gasteiger partial charge in [-0.25, -0.2) is 4.79 Å². The fourth-order valence-electron chi connectivity index (χ4n) is 0.101. The molecule has 0 radical (unpaired) electrons. The third-order valence-corrected chi connectivity index (χ3v) is 2.01. The van der Waals surface area contributed by atoms with Crippen molar-refractivity contribution in [3.8, 4) is 0 Å². The maximum absolute atomic E-state index is 9.62. The summed E-state index contributed by atoms with van der Waals surface area (Å²) in [5.41, 5.74) is 0. The average molecular weight is 154 g/mol. The number of carboxylic acid groups (broad SMARTS) is 1. The average Bonchev–Trinajstić information content (AvgIpc) is 1.66. The van der Waals surface area contributed by atoms with E-state index >= 15 is 0 Å². The van der Waals surface area contributed by atoms with Crippen LogP contribution >= 0.6 is 21.9 Å². The summed E-state index contributed by atoms with van der Waals surface area (Å²) in [5, 5.41) is 7.88. The minimum Gasteiger partial charge on any atom is -0.449 e. The van der Waals surface area contributed by atoms with Gasteiger partial charge in [-0.05, 0) is 0 Å². The fraction of sp³-hybridized carbons (Fsp3) is 0.667. The Hall–Kier alpha value is -0.0300. The summed E-state index contributed by atoms with van der Waals surface area (Å²) in [6.45, 7) is 1.92. The minimum absolute atomic E-state index is 0.845. The molecule has 0 aliphatic heterocycles. The number of rotatable bonds is 3. The predicted octanol–water partition coefficient (Wildman–Crippen LogP) is 2.00. The molecule has 0 fully saturated rings. The van der Waals surface area contributed by atoms with Crippen molar-refractivity contribution in [2.45, 2.75) is 6.92 Å². The molecule has 0 heterocycles. The van der Waals surface area contributed by atoms with E-state index in [9.17, 15) is 4.79 Å². The number of hydrogen-bond acceptors (Lipinski definition) is 4. The third-order valence-electron chi connectivity index (χ3n) is 0.271. The van der Waals surface area contributed by atoms with Crippen LogP contribution in [0.1, 0.15) is 6.92 Å². The first kappa shape index (κ1) is 7.97. The highest BCUT2D eigenvalue weighted by Crippen LogP contribution is 2.20. The molecule has 0 saturated heterocycles. The highest BCUT2D eigenvalue weighted by Gasteiger charge is 1.94. The lowest BCUT2D eigenvalue weighted by atomic mass is 11.0. The predicted molar refractivity (Wildman–Crippen MR) is 34.8 cm³/mol. The lowest BCUT2D eigenvalue weighted by Gasteiger charge is -1.91. The van der Waals surface area contributed by atoms with E-state index in [0.717, 1.165) is 16.8 Å². The first-order valence-electron chi connectivity index (χ1n) is 1.96. The van der Waals surface area contributed by atoms with E-state index in [1.54, 1.807) is 0 Å². The first-order valence-corrected chi connectivity index (χ1v) is 4.20. The zero-order valence-corrected chi connectivity index (χ0v) is 5.92. The smallest absolute Gasteiger partial charge is 0.449 e. The van der Waals surface area contributed by atoms with Crippen LogP contribution in [0.4, 0.5) is 4.79 Å². The Morgan fingerprint density at radius 3 is 2.88 bits per heavy atom. The molecular formula is C3H6O3S2. The second-order valence-electron chi connectivity index (χ2n) is 0.824. The van der Waals surface area contributed by atoms with Crippen LogP contribution in [0.25, 0.3) is 0 Å². The van der Waals surface area contributed by atoms with E-state index < -0.39 is 6.16 Å². The summed E-state index contributed by atoms with van der Waals surface area (Å²) < 4.78 is 4.08. The monoisotopic (exact) mass is 154 g/mol. The van der Waals surface area contributed by atoms with Crippen molar-refractivity contribution in [2.24, 2.45) is 0 Å². The molecule has 48 valence electrons. The highest BCUT2D eigenvalue weighted by molar-refractivity contribution is 8.75. The Morgan fingerprint density at radius 2 is 2.50 bits per heavy atom. The molecule has 3 nitrogen and oxygen atoms in total. The van der Waals surface area contributed by atoms with Gasteiger partial charge in [0.15, 0.2) is 0 Å². The molecule has 0 bridgehead atoms. The van der Waals surface area contributed by atoms with Crippen LogP contribution in [0, 0.1) is 0 Å². The van der Waals surface area contributed by atoms with Crippen molar-refractivity contribution < 1.29 is 14.1 Å². The van der Waals surface area contributed by atoms with E-state index in [1.807, 2.05) is 6.92 Å². The van der Waals surface area contributed by atoms with Gasteiger partial charge in [-0.2, -0.15) is 0 Å². The normalized spacial score (nSPS) is 8.62. The van der Waals surface area contributed by atoms with Crippen LogP contribution in [0.5, 0.6) is 0 Å². The van der Waals surface area contributed by atoms with Gasteiger partial charge >= 0.3 is 6.16 Å². The molecule has 5 heteroatoms. The zero-order valence-electron chi connectivity index (χ0n) is 4.29. The molecule has 0 aliphatic rings. The standard InChI is InChI=1S/C3H6O3S2/c1-2-7-8-6-3(4)5/h2H2,1H3,(H,4,5). The van der Waals surface area contributed by atoms with Gasteiger partial charge in [0.1, 0.15) is 11.1 Å². The van der Waals surface area contributed by atoms with Crippen LogP contribution in [-0.4, -0.2) is 17.0 Å². The molecule has 0 aromatic rings. The summed E-state index contributed by atoms with van der Waals surface area (Å²) in [7, 11) is 1.35. The summed E-state index contributed by atoms with van der Waals surface area (Å²) in [6.07, 6.45) is -1.24. The van der Waals surface area contributed by atoms with Crippen molar-refractivity contribution in [2.75, 3.05) is 5.75 Å².